The number of hydrogen-bond acceptors (Lipinski definition) is 6. The molecule has 0 aromatic heterocycles. The van der Waals surface area contributed by atoms with Crippen molar-refractivity contribution in [1.82, 2.24) is 10.6 Å². The summed E-state index contributed by atoms with van der Waals surface area (Å²) < 4.78 is 10.2. The Balaban J connectivity index is 1.30. The summed E-state index contributed by atoms with van der Waals surface area (Å²) in [5.41, 5.74) is 5.16. The van der Waals surface area contributed by atoms with E-state index in [9.17, 15) is 19.5 Å². The van der Waals surface area contributed by atoms with Crippen molar-refractivity contribution in [1.29, 1.82) is 0 Å². The highest BCUT2D eigenvalue weighted by Gasteiger charge is 2.29. The molecule has 35 heavy (non-hydrogen) atoms. The molecule has 3 N–H and O–H groups in total. The molecular formula is C27H26N2O6. The van der Waals surface area contributed by atoms with Crippen molar-refractivity contribution < 1.29 is 29.0 Å². The number of ether oxygens (including phenoxy) is 2. The monoisotopic (exact) mass is 474 g/mol. The third kappa shape index (κ3) is 5.60. The Kier molecular flexibility index (Phi) is 7.30. The molecule has 0 aliphatic heterocycles. The van der Waals surface area contributed by atoms with Gasteiger partial charge in [0.15, 0.2) is 0 Å². The predicted molar refractivity (Wildman–Crippen MR) is 129 cm³/mol. The lowest BCUT2D eigenvalue weighted by Crippen LogP contribution is -2.47. The molecule has 0 radical (unpaired) electrons. The van der Waals surface area contributed by atoms with E-state index in [1.54, 1.807) is 12.1 Å². The topological polar surface area (TPSA) is 114 Å². The van der Waals surface area contributed by atoms with Gasteiger partial charge in [0, 0.05) is 12.3 Å². The molecule has 0 saturated heterocycles. The fraction of sp³-hybridized carbons (Fsp3) is 0.222. The lowest BCUT2D eigenvalue weighted by Gasteiger charge is -2.17. The van der Waals surface area contributed by atoms with E-state index in [1.165, 1.54) is 19.2 Å². The number of carbonyl (C=O) groups excluding carboxylic acids is 3. The van der Waals surface area contributed by atoms with E-state index in [1.807, 2.05) is 36.4 Å². The Hall–Kier alpha value is -4.33. The van der Waals surface area contributed by atoms with Crippen molar-refractivity contribution in [3.8, 4) is 16.9 Å². The third-order valence-electron chi connectivity index (χ3n) is 5.93. The number of amides is 2. The quantitative estimate of drug-likeness (QED) is 0.432. The van der Waals surface area contributed by atoms with E-state index in [-0.39, 0.29) is 31.2 Å². The minimum atomic E-state index is -0.943. The molecule has 3 aromatic carbocycles. The van der Waals surface area contributed by atoms with Gasteiger partial charge in [-0.2, -0.15) is 0 Å². The highest BCUT2D eigenvalue weighted by molar-refractivity contribution is 5.87. The van der Waals surface area contributed by atoms with Crippen LogP contribution < -0.4 is 10.6 Å². The van der Waals surface area contributed by atoms with Gasteiger partial charge in [0.25, 0.3) is 0 Å². The summed E-state index contributed by atoms with van der Waals surface area (Å²) in [6.07, 6.45) is -0.556. The van der Waals surface area contributed by atoms with Crippen LogP contribution in [0.25, 0.3) is 11.1 Å². The summed E-state index contributed by atoms with van der Waals surface area (Å²) in [5, 5.41) is 14.4. The van der Waals surface area contributed by atoms with E-state index >= 15 is 0 Å². The van der Waals surface area contributed by atoms with Gasteiger partial charge in [-0.25, -0.2) is 9.59 Å². The Labute approximate surface area is 202 Å². The first-order valence-corrected chi connectivity index (χ1v) is 11.2. The minimum Gasteiger partial charge on any atom is -0.508 e. The fourth-order valence-corrected chi connectivity index (χ4v) is 4.25. The van der Waals surface area contributed by atoms with E-state index in [0.29, 0.717) is 0 Å². The number of hydrogen-bond donors (Lipinski definition) is 3. The van der Waals surface area contributed by atoms with Crippen molar-refractivity contribution in [2.45, 2.75) is 18.4 Å². The maximum absolute atomic E-state index is 12.4. The third-order valence-corrected chi connectivity index (χ3v) is 5.93. The lowest BCUT2D eigenvalue weighted by molar-refractivity contribution is -0.144. The molecule has 0 spiro atoms. The minimum absolute atomic E-state index is 0.0870. The maximum atomic E-state index is 12.4. The molecule has 0 bridgehead atoms. The number of nitrogens with one attached hydrogen (secondary N) is 2. The summed E-state index contributed by atoms with van der Waals surface area (Å²) in [4.78, 5) is 36.8. The van der Waals surface area contributed by atoms with Crippen LogP contribution in [-0.4, -0.2) is 49.4 Å². The van der Waals surface area contributed by atoms with Crippen molar-refractivity contribution in [3.63, 3.8) is 0 Å². The predicted octanol–water partition coefficient (Wildman–Crippen LogP) is 3.13. The van der Waals surface area contributed by atoms with Gasteiger partial charge in [-0.3, -0.25) is 4.79 Å². The van der Waals surface area contributed by atoms with Gasteiger partial charge < -0.3 is 25.2 Å². The van der Waals surface area contributed by atoms with Crippen molar-refractivity contribution in [2.75, 3.05) is 20.3 Å². The number of phenols is 1. The second-order valence-electron chi connectivity index (χ2n) is 8.19. The van der Waals surface area contributed by atoms with E-state index < -0.39 is 24.0 Å². The number of methoxy groups -OCH3 is 1. The summed E-state index contributed by atoms with van der Waals surface area (Å²) >= 11 is 0. The van der Waals surface area contributed by atoms with Gasteiger partial charge in [0.1, 0.15) is 24.9 Å². The molecule has 1 aliphatic carbocycles. The standard InChI is InChI=1S/C27H26N2O6/c1-34-26(32)24(14-17-10-12-18(30)13-11-17)29-25(31)15-28-27(33)35-16-23-21-8-4-2-6-19(21)20-7-3-5-9-22(20)23/h2-13,23-24,30H,14-16H2,1H3,(H,28,33)(H,29,31)/t24-/m0/s1. The fourth-order valence-electron chi connectivity index (χ4n) is 4.25. The normalized spacial score (nSPS) is 12.7. The first kappa shape index (κ1) is 23.8. The summed E-state index contributed by atoms with van der Waals surface area (Å²) in [7, 11) is 1.23. The molecular weight excluding hydrogens is 448 g/mol. The number of carbonyl (C=O) groups is 3. The highest BCUT2D eigenvalue weighted by atomic mass is 16.5. The molecule has 180 valence electrons. The van der Waals surface area contributed by atoms with Gasteiger partial charge in [0.2, 0.25) is 5.91 Å². The Morgan fingerprint density at radius 2 is 1.51 bits per heavy atom. The van der Waals surface area contributed by atoms with Gasteiger partial charge >= 0.3 is 12.1 Å². The summed E-state index contributed by atoms with van der Waals surface area (Å²) in [5.74, 6) is -1.17. The number of fused-ring (bicyclic) bond motifs is 3. The van der Waals surface area contributed by atoms with Gasteiger partial charge in [-0.15, -0.1) is 0 Å². The average Bonchev–Trinajstić information content (AvgIpc) is 3.20. The number of esters is 1. The van der Waals surface area contributed by atoms with Crippen molar-refractivity contribution >= 4 is 18.0 Å². The van der Waals surface area contributed by atoms with E-state index in [4.69, 9.17) is 9.47 Å². The van der Waals surface area contributed by atoms with Crippen LogP contribution in [0.1, 0.15) is 22.6 Å². The molecule has 3 aromatic rings. The largest absolute Gasteiger partial charge is 0.508 e. The summed E-state index contributed by atoms with van der Waals surface area (Å²) in [6, 6.07) is 21.3. The van der Waals surface area contributed by atoms with Crippen molar-refractivity contribution in [2.24, 2.45) is 0 Å². The van der Waals surface area contributed by atoms with Gasteiger partial charge in [-0.1, -0.05) is 60.7 Å². The molecule has 0 unspecified atom stereocenters. The highest BCUT2D eigenvalue weighted by Crippen LogP contribution is 2.44. The first-order valence-electron chi connectivity index (χ1n) is 11.2. The van der Waals surface area contributed by atoms with Gasteiger partial charge in [0.05, 0.1) is 7.11 Å². The zero-order valence-electron chi connectivity index (χ0n) is 19.2. The van der Waals surface area contributed by atoms with Crippen LogP contribution in [0.2, 0.25) is 0 Å². The second-order valence-corrected chi connectivity index (χ2v) is 8.19. The van der Waals surface area contributed by atoms with Crippen LogP contribution in [0, 0.1) is 0 Å². The number of aromatic hydroxyl groups is 1. The number of rotatable bonds is 8. The number of alkyl carbamates (subject to hydrolysis) is 1. The second kappa shape index (κ2) is 10.7. The maximum Gasteiger partial charge on any atom is 0.407 e. The summed E-state index contributed by atoms with van der Waals surface area (Å²) in [6.45, 7) is -0.229. The number of phenolic OH excluding ortho intramolecular Hbond substituents is 1. The smallest absolute Gasteiger partial charge is 0.407 e. The van der Waals surface area contributed by atoms with E-state index in [0.717, 1.165) is 27.8 Å². The van der Waals surface area contributed by atoms with Crippen LogP contribution in [0.5, 0.6) is 5.75 Å². The molecule has 8 heteroatoms. The van der Waals surface area contributed by atoms with Crippen LogP contribution in [0.4, 0.5) is 4.79 Å². The lowest BCUT2D eigenvalue weighted by atomic mass is 9.98. The van der Waals surface area contributed by atoms with Crippen LogP contribution >= 0.6 is 0 Å². The molecule has 1 aliphatic rings. The molecule has 1 atom stereocenters. The first-order chi connectivity index (χ1) is 17.0. The van der Waals surface area contributed by atoms with Crippen LogP contribution in [0.3, 0.4) is 0 Å². The molecule has 8 nitrogen and oxygen atoms in total. The zero-order valence-corrected chi connectivity index (χ0v) is 19.2. The number of benzene rings is 3. The Morgan fingerprint density at radius 1 is 0.914 bits per heavy atom. The van der Waals surface area contributed by atoms with Gasteiger partial charge in [-0.05, 0) is 39.9 Å². The Morgan fingerprint density at radius 3 is 2.11 bits per heavy atom. The molecule has 0 saturated carbocycles. The van der Waals surface area contributed by atoms with Crippen LogP contribution in [-0.2, 0) is 25.5 Å². The molecule has 4 rings (SSSR count). The van der Waals surface area contributed by atoms with Crippen LogP contribution in [0.15, 0.2) is 72.8 Å². The Bertz CT molecular complexity index is 1180. The van der Waals surface area contributed by atoms with Crippen molar-refractivity contribution in [3.05, 3.63) is 89.5 Å². The molecule has 0 heterocycles. The molecule has 0 fully saturated rings. The zero-order chi connectivity index (χ0) is 24.8. The average molecular weight is 475 g/mol. The molecule has 2 amide bonds. The SMILES string of the molecule is COC(=O)[C@H](Cc1ccc(O)cc1)NC(=O)CNC(=O)OCC1c2ccccc2-c2ccccc21. The van der Waals surface area contributed by atoms with E-state index in [2.05, 4.69) is 22.8 Å².